The molecule has 1 N–H and O–H groups in total. The maximum Gasteiger partial charge on any atom is 0.333 e. The van der Waals surface area contributed by atoms with Crippen LogP contribution in [0.1, 0.15) is 15.9 Å². The molecule has 0 aliphatic carbocycles. The third-order valence-electron chi connectivity index (χ3n) is 4.47. The van der Waals surface area contributed by atoms with Crippen molar-refractivity contribution in [2.24, 2.45) is 4.99 Å². The average molecular weight is 451 g/mol. The van der Waals surface area contributed by atoms with Crippen LogP contribution in [-0.4, -0.2) is 34.2 Å². The van der Waals surface area contributed by atoms with E-state index in [0.29, 0.717) is 10.6 Å². The number of halogens is 3. The van der Waals surface area contributed by atoms with Gasteiger partial charge < -0.3 is 5.11 Å². The van der Waals surface area contributed by atoms with Crippen LogP contribution < -0.4 is 0 Å². The van der Waals surface area contributed by atoms with Gasteiger partial charge in [0.15, 0.2) is 17.0 Å². The summed E-state index contributed by atoms with van der Waals surface area (Å²) >= 11 is 19.2. The van der Waals surface area contributed by atoms with Gasteiger partial charge in [0.2, 0.25) is 0 Å². The minimum Gasteiger partial charge on any atom is -0.478 e. The van der Waals surface area contributed by atoms with E-state index in [1.807, 2.05) is 6.07 Å². The van der Waals surface area contributed by atoms with Gasteiger partial charge in [-0.25, -0.2) is 14.3 Å². The van der Waals surface area contributed by atoms with E-state index in [4.69, 9.17) is 39.9 Å². The maximum atomic E-state index is 13.6. The van der Waals surface area contributed by atoms with E-state index in [0.717, 1.165) is 6.08 Å². The number of Topliss-reactive ketones (excluding diaryl/α,β-unsaturated/α-hetero) is 1. The van der Waals surface area contributed by atoms with Gasteiger partial charge in [0, 0.05) is 10.6 Å². The molecule has 148 valence electrons. The van der Waals surface area contributed by atoms with Crippen molar-refractivity contribution in [1.82, 2.24) is 0 Å². The second-order valence-corrected chi connectivity index (χ2v) is 7.98. The van der Waals surface area contributed by atoms with Crippen LogP contribution in [0.25, 0.3) is 0 Å². The van der Waals surface area contributed by atoms with Crippen molar-refractivity contribution < 1.29 is 19.2 Å². The molecule has 1 heterocycles. The standard InChI is InChI=1S/C21H15Cl3N2O3/c22-16-6-7-17(18(23)12-16)20(29)21(24,15-4-2-1-3-5-15)13-26(10-8-19(27)28)11-9-25-14-26/h1-12,14H,13H2/p+1. The van der Waals surface area contributed by atoms with Gasteiger partial charge in [0.05, 0.1) is 17.3 Å². The smallest absolute Gasteiger partial charge is 0.333 e. The molecule has 0 radical (unpaired) electrons. The fourth-order valence-electron chi connectivity index (χ4n) is 3.06. The molecule has 2 atom stereocenters. The number of aliphatic imine (C=N–C) groups is 1. The van der Waals surface area contributed by atoms with Crippen LogP contribution in [0, 0.1) is 0 Å². The number of quaternary nitrogens is 1. The average Bonchev–Trinajstić information content (AvgIpc) is 3.15. The van der Waals surface area contributed by atoms with Gasteiger partial charge in [-0.2, -0.15) is 0 Å². The molecule has 1 aliphatic rings. The number of rotatable bonds is 7. The monoisotopic (exact) mass is 449 g/mol. The van der Waals surface area contributed by atoms with Crippen molar-refractivity contribution in [1.29, 1.82) is 0 Å². The van der Waals surface area contributed by atoms with Crippen molar-refractivity contribution >= 4 is 52.9 Å². The lowest BCUT2D eigenvalue weighted by atomic mass is 9.88. The Kier molecular flexibility index (Phi) is 6.24. The van der Waals surface area contributed by atoms with Crippen LogP contribution in [-0.2, 0) is 9.67 Å². The lowest BCUT2D eigenvalue weighted by molar-refractivity contribution is -0.724. The van der Waals surface area contributed by atoms with E-state index in [9.17, 15) is 9.59 Å². The first-order chi connectivity index (χ1) is 13.8. The summed E-state index contributed by atoms with van der Waals surface area (Å²) in [5.41, 5.74) is 0.767. The van der Waals surface area contributed by atoms with E-state index in [2.05, 4.69) is 4.99 Å². The van der Waals surface area contributed by atoms with Crippen molar-refractivity contribution in [3.05, 3.63) is 94.4 Å². The van der Waals surface area contributed by atoms with Crippen LogP contribution in [0.4, 0.5) is 0 Å². The molecule has 0 bridgehead atoms. The molecule has 2 aromatic rings. The summed E-state index contributed by atoms with van der Waals surface area (Å²) in [7, 11) is 0. The minimum absolute atomic E-state index is 0.0138. The normalized spacial score (nSPS) is 20.1. The summed E-state index contributed by atoms with van der Waals surface area (Å²) in [5, 5.41) is 9.64. The van der Waals surface area contributed by atoms with E-state index in [-0.39, 0.29) is 21.6 Å². The summed E-state index contributed by atoms with van der Waals surface area (Å²) < 4.78 is -0.151. The summed E-state index contributed by atoms with van der Waals surface area (Å²) in [6.07, 6.45) is 7.08. The number of carboxylic acids is 1. The second-order valence-electron chi connectivity index (χ2n) is 6.49. The molecule has 0 saturated heterocycles. The van der Waals surface area contributed by atoms with Crippen LogP contribution in [0.3, 0.4) is 0 Å². The third kappa shape index (κ3) is 4.60. The molecule has 8 heteroatoms. The Morgan fingerprint density at radius 1 is 1.14 bits per heavy atom. The Labute approximate surface area is 182 Å². The quantitative estimate of drug-likeness (QED) is 0.271. The number of carbonyl (C=O) groups excluding carboxylic acids is 1. The first-order valence-corrected chi connectivity index (χ1v) is 9.65. The predicted molar refractivity (Wildman–Crippen MR) is 114 cm³/mol. The molecule has 0 fully saturated rings. The SMILES string of the molecule is O=C(O)C=C[N+]1(CC(Cl)(C(=O)c2ccc(Cl)cc2Cl)c2ccccc2)C=CN=C1. The molecule has 5 nitrogen and oxygen atoms in total. The van der Waals surface area contributed by atoms with Crippen molar-refractivity contribution in [3.63, 3.8) is 0 Å². The fourth-order valence-corrected chi connectivity index (χ4v) is 3.99. The molecular formula is C21H16Cl3N2O3+. The zero-order valence-corrected chi connectivity index (χ0v) is 17.3. The Hall–Kier alpha value is -2.44. The molecule has 2 aromatic carbocycles. The Bertz CT molecular complexity index is 1020. The largest absolute Gasteiger partial charge is 0.478 e. The number of aliphatic carboxylic acids is 1. The second kappa shape index (κ2) is 8.51. The molecule has 0 spiro atoms. The van der Waals surface area contributed by atoms with Crippen LogP contribution in [0.5, 0.6) is 0 Å². The summed E-state index contributed by atoms with van der Waals surface area (Å²) in [5.74, 6) is -1.55. The van der Waals surface area contributed by atoms with Gasteiger partial charge in [-0.3, -0.25) is 4.79 Å². The topological polar surface area (TPSA) is 66.7 Å². The van der Waals surface area contributed by atoms with Gasteiger partial charge in [0.1, 0.15) is 18.9 Å². The van der Waals surface area contributed by atoms with Gasteiger partial charge in [0.25, 0.3) is 0 Å². The molecule has 0 amide bonds. The molecule has 0 saturated carbocycles. The molecular weight excluding hydrogens is 435 g/mol. The zero-order chi connectivity index (χ0) is 21.1. The maximum absolute atomic E-state index is 13.6. The van der Waals surface area contributed by atoms with Crippen molar-refractivity contribution in [3.8, 4) is 0 Å². The van der Waals surface area contributed by atoms with E-state index >= 15 is 0 Å². The number of hydrogen-bond donors (Lipinski definition) is 1. The fraction of sp³-hybridized carbons (Fsp3) is 0.0952. The van der Waals surface area contributed by atoms with Crippen molar-refractivity contribution in [2.75, 3.05) is 6.54 Å². The number of nitrogens with zero attached hydrogens (tertiary/aromatic N) is 2. The number of carboxylic acid groups (broad SMARTS) is 1. The molecule has 0 aromatic heterocycles. The third-order valence-corrected chi connectivity index (χ3v) is 5.52. The summed E-state index contributed by atoms with van der Waals surface area (Å²) in [6.45, 7) is -0.0138. The lowest BCUT2D eigenvalue weighted by Crippen LogP contribution is -2.48. The number of ketones is 1. The van der Waals surface area contributed by atoms with Crippen molar-refractivity contribution in [2.45, 2.75) is 4.87 Å². The van der Waals surface area contributed by atoms with E-state index in [1.54, 1.807) is 36.5 Å². The van der Waals surface area contributed by atoms with Crippen LogP contribution >= 0.6 is 34.8 Å². The Morgan fingerprint density at radius 2 is 1.86 bits per heavy atom. The molecule has 2 unspecified atom stereocenters. The number of alkyl halides is 1. The highest BCUT2D eigenvalue weighted by molar-refractivity contribution is 6.42. The number of hydrogen-bond acceptors (Lipinski definition) is 3. The molecule has 1 aliphatic heterocycles. The van der Waals surface area contributed by atoms with E-state index in [1.165, 1.54) is 30.9 Å². The van der Waals surface area contributed by atoms with Gasteiger partial charge in [-0.1, -0.05) is 65.1 Å². The predicted octanol–water partition coefficient (Wildman–Crippen LogP) is 5.24. The Morgan fingerprint density at radius 3 is 2.45 bits per heavy atom. The first kappa shape index (κ1) is 21.3. The summed E-state index contributed by atoms with van der Waals surface area (Å²) in [4.78, 5) is 27.2. The highest BCUT2D eigenvalue weighted by Crippen LogP contribution is 2.39. The number of benzene rings is 2. The van der Waals surface area contributed by atoms with Gasteiger partial charge in [-0.15, -0.1) is 0 Å². The van der Waals surface area contributed by atoms with Crippen LogP contribution in [0.15, 0.2) is 78.2 Å². The Balaban J connectivity index is 2.12. The minimum atomic E-state index is -1.55. The van der Waals surface area contributed by atoms with Crippen LogP contribution in [0.2, 0.25) is 10.0 Å². The number of carbonyl (C=O) groups is 2. The van der Waals surface area contributed by atoms with E-state index < -0.39 is 16.6 Å². The molecule has 29 heavy (non-hydrogen) atoms. The summed E-state index contributed by atoms with van der Waals surface area (Å²) in [6, 6.07) is 13.4. The zero-order valence-electron chi connectivity index (χ0n) is 15.0. The molecule has 3 rings (SSSR count). The first-order valence-electron chi connectivity index (χ1n) is 8.51. The highest BCUT2D eigenvalue weighted by atomic mass is 35.5. The van der Waals surface area contributed by atoms with Gasteiger partial charge in [-0.05, 0) is 23.8 Å². The lowest BCUT2D eigenvalue weighted by Gasteiger charge is -2.33. The highest BCUT2D eigenvalue weighted by Gasteiger charge is 2.47. The van der Waals surface area contributed by atoms with Gasteiger partial charge >= 0.3 is 5.97 Å².